The van der Waals surface area contributed by atoms with Crippen LogP contribution in [0.3, 0.4) is 0 Å². The van der Waals surface area contributed by atoms with E-state index in [2.05, 4.69) is 9.97 Å². The molecule has 2 heterocycles. The van der Waals surface area contributed by atoms with Gasteiger partial charge in [0.1, 0.15) is 30.7 Å². The van der Waals surface area contributed by atoms with Gasteiger partial charge in [0.2, 0.25) is 12.2 Å². The molecule has 0 saturated carbocycles. The molecule has 18 heavy (non-hydrogen) atoms. The summed E-state index contributed by atoms with van der Waals surface area (Å²) in [4.78, 5) is 7.46. The first-order chi connectivity index (χ1) is 8.63. The van der Waals surface area contributed by atoms with Crippen LogP contribution in [0.25, 0.3) is 0 Å². The molecule has 8 nitrogen and oxygen atoms in total. The lowest BCUT2D eigenvalue weighted by Crippen LogP contribution is -2.60. The molecule has 1 aliphatic heterocycles. The molecule has 0 aliphatic carbocycles. The van der Waals surface area contributed by atoms with Crippen LogP contribution in [-0.4, -0.2) is 67.7 Å². The summed E-state index contributed by atoms with van der Waals surface area (Å²) < 4.78 is 10.4. The van der Waals surface area contributed by atoms with E-state index in [1.54, 1.807) is 0 Å². The van der Waals surface area contributed by atoms with Crippen molar-refractivity contribution in [1.29, 1.82) is 0 Å². The Labute approximate surface area is 102 Å². The highest BCUT2D eigenvalue weighted by molar-refractivity contribution is 5.05. The van der Waals surface area contributed by atoms with Gasteiger partial charge in [0.05, 0.1) is 6.61 Å². The molecule has 0 aromatic carbocycles. The molecule has 1 fully saturated rings. The second kappa shape index (κ2) is 5.55. The van der Waals surface area contributed by atoms with Gasteiger partial charge in [0.25, 0.3) is 0 Å². The predicted octanol–water partition coefficient (Wildman–Crippen LogP) is -2.34. The van der Waals surface area contributed by atoms with E-state index in [0.29, 0.717) is 0 Å². The minimum absolute atomic E-state index is 0.148. The molecule has 1 aromatic heterocycles. The summed E-state index contributed by atoms with van der Waals surface area (Å²) in [6, 6.07) is 1.45. The zero-order valence-electron chi connectivity index (χ0n) is 9.33. The van der Waals surface area contributed by atoms with E-state index < -0.39 is 37.3 Å². The molecule has 1 aromatic rings. The third kappa shape index (κ3) is 2.57. The largest absolute Gasteiger partial charge is 0.445 e. The molecular formula is C10H14N2O6. The number of hydrogen-bond donors (Lipinski definition) is 4. The van der Waals surface area contributed by atoms with Crippen molar-refractivity contribution >= 4 is 0 Å². The van der Waals surface area contributed by atoms with E-state index in [1.807, 2.05) is 0 Å². The Bertz CT molecular complexity index is 376. The summed E-state index contributed by atoms with van der Waals surface area (Å²) in [5, 5.41) is 37.8. The van der Waals surface area contributed by atoms with Crippen LogP contribution in [0.5, 0.6) is 5.88 Å². The Morgan fingerprint density at radius 1 is 1.22 bits per heavy atom. The van der Waals surface area contributed by atoms with Crippen molar-refractivity contribution in [1.82, 2.24) is 9.97 Å². The maximum absolute atomic E-state index is 9.70. The van der Waals surface area contributed by atoms with Crippen LogP contribution < -0.4 is 4.74 Å². The average Bonchev–Trinajstić information content (AvgIpc) is 2.40. The molecule has 2 rings (SSSR count). The van der Waals surface area contributed by atoms with Gasteiger partial charge in [-0.05, 0) is 0 Å². The second-order valence-corrected chi connectivity index (χ2v) is 3.86. The average molecular weight is 258 g/mol. The second-order valence-electron chi connectivity index (χ2n) is 3.86. The van der Waals surface area contributed by atoms with Crippen molar-refractivity contribution < 1.29 is 29.9 Å². The van der Waals surface area contributed by atoms with Gasteiger partial charge in [-0.2, -0.15) is 0 Å². The number of hydrogen-bond acceptors (Lipinski definition) is 8. The fourth-order valence-electron chi connectivity index (χ4n) is 1.63. The van der Waals surface area contributed by atoms with Crippen LogP contribution >= 0.6 is 0 Å². The minimum atomic E-state index is -1.47. The minimum Gasteiger partial charge on any atom is -0.445 e. The lowest BCUT2D eigenvalue weighted by atomic mass is 9.99. The Morgan fingerprint density at radius 3 is 2.61 bits per heavy atom. The Kier molecular flexibility index (Phi) is 4.04. The molecule has 4 N–H and O–H groups in total. The third-order valence-corrected chi connectivity index (χ3v) is 2.64. The maximum Gasteiger partial charge on any atom is 0.231 e. The number of nitrogens with zero attached hydrogens (tertiary/aromatic N) is 2. The van der Waals surface area contributed by atoms with Gasteiger partial charge in [-0.1, -0.05) is 0 Å². The molecule has 0 unspecified atom stereocenters. The molecule has 0 spiro atoms. The Hall–Kier alpha value is -1.32. The summed E-state index contributed by atoms with van der Waals surface area (Å²) in [7, 11) is 0. The fourth-order valence-corrected chi connectivity index (χ4v) is 1.63. The third-order valence-electron chi connectivity index (χ3n) is 2.64. The van der Waals surface area contributed by atoms with Crippen molar-refractivity contribution in [3.8, 4) is 5.88 Å². The Morgan fingerprint density at radius 2 is 2.00 bits per heavy atom. The van der Waals surface area contributed by atoms with Gasteiger partial charge in [-0.15, -0.1) is 0 Å². The molecule has 8 heteroatoms. The van der Waals surface area contributed by atoms with Gasteiger partial charge in [-0.3, -0.25) is 0 Å². The van der Waals surface area contributed by atoms with Gasteiger partial charge >= 0.3 is 0 Å². The van der Waals surface area contributed by atoms with Crippen LogP contribution in [0.2, 0.25) is 0 Å². The van der Waals surface area contributed by atoms with Crippen molar-refractivity contribution in [2.45, 2.75) is 30.7 Å². The topological polar surface area (TPSA) is 125 Å². The van der Waals surface area contributed by atoms with Gasteiger partial charge < -0.3 is 29.9 Å². The van der Waals surface area contributed by atoms with E-state index in [0.717, 1.165) is 0 Å². The maximum atomic E-state index is 9.70. The molecule has 0 radical (unpaired) electrons. The first-order valence-electron chi connectivity index (χ1n) is 5.36. The van der Waals surface area contributed by atoms with Crippen molar-refractivity contribution in [3.63, 3.8) is 0 Å². The number of rotatable bonds is 3. The highest BCUT2D eigenvalue weighted by atomic mass is 16.7. The van der Waals surface area contributed by atoms with E-state index in [-0.39, 0.29) is 5.88 Å². The summed E-state index contributed by atoms with van der Waals surface area (Å²) in [5.41, 5.74) is 0. The van der Waals surface area contributed by atoms with E-state index >= 15 is 0 Å². The molecular weight excluding hydrogens is 244 g/mol. The molecule has 100 valence electrons. The van der Waals surface area contributed by atoms with E-state index in [9.17, 15) is 15.3 Å². The normalized spacial score (nSPS) is 36.3. The van der Waals surface area contributed by atoms with Crippen LogP contribution in [-0.2, 0) is 4.74 Å². The standard InChI is InChI=1S/C10H14N2O6/c13-3-5-7(14)8(15)9(16)10(17-5)18-6-1-2-11-4-12-6/h1-2,4-5,7-10,13-16H,3H2/t5-,7-,8+,9-,10+/m1/s1. The van der Waals surface area contributed by atoms with Crippen LogP contribution in [0.15, 0.2) is 18.6 Å². The Balaban J connectivity index is 2.08. The predicted molar refractivity (Wildman–Crippen MR) is 56.4 cm³/mol. The SMILES string of the molecule is OC[C@H]1O[C@@H](Oc2ccncn2)[C@H](O)[C@@H](O)[C@@H]1O. The fraction of sp³-hybridized carbons (Fsp3) is 0.600. The highest BCUT2D eigenvalue weighted by Gasteiger charge is 2.44. The van der Waals surface area contributed by atoms with Gasteiger partial charge in [0, 0.05) is 12.3 Å². The molecule has 0 bridgehead atoms. The summed E-state index contributed by atoms with van der Waals surface area (Å²) >= 11 is 0. The smallest absolute Gasteiger partial charge is 0.231 e. The molecule has 0 amide bonds. The van der Waals surface area contributed by atoms with Crippen molar-refractivity contribution in [3.05, 3.63) is 18.6 Å². The highest BCUT2D eigenvalue weighted by Crippen LogP contribution is 2.22. The monoisotopic (exact) mass is 258 g/mol. The first-order valence-corrected chi connectivity index (χ1v) is 5.36. The van der Waals surface area contributed by atoms with Crippen LogP contribution in [0, 0.1) is 0 Å². The number of aliphatic hydroxyl groups is 4. The van der Waals surface area contributed by atoms with Gasteiger partial charge in [-0.25, -0.2) is 9.97 Å². The summed E-state index contributed by atoms with van der Waals surface area (Å²) in [6.45, 7) is -0.505. The molecule has 1 saturated heterocycles. The van der Waals surface area contributed by atoms with E-state index in [1.165, 1.54) is 18.6 Å². The lowest BCUT2D eigenvalue weighted by molar-refractivity contribution is -0.278. The zero-order valence-corrected chi connectivity index (χ0v) is 9.33. The first kappa shape index (κ1) is 13.1. The molecule has 5 atom stereocenters. The number of aliphatic hydroxyl groups excluding tert-OH is 4. The van der Waals surface area contributed by atoms with Gasteiger partial charge in [0.15, 0.2) is 0 Å². The zero-order chi connectivity index (χ0) is 13.1. The van der Waals surface area contributed by atoms with Crippen LogP contribution in [0.1, 0.15) is 0 Å². The van der Waals surface area contributed by atoms with Crippen LogP contribution in [0.4, 0.5) is 0 Å². The quantitative estimate of drug-likeness (QED) is 0.475. The lowest BCUT2D eigenvalue weighted by Gasteiger charge is -2.39. The molecule has 1 aliphatic rings. The van der Waals surface area contributed by atoms with Crippen molar-refractivity contribution in [2.24, 2.45) is 0 Å². The van der Waals surface area contributed by atoms with E-state index in [4.69, 9.17) is 14.6 Å². The summed E-state index contributed by atoms with van der Waals surface area (Å²) in [6.07, 6.45) is -3.87. The van der Waals surface area contributed by atoms with Crippen molar-refractivity contribution in [2.75, 3.05) is 6.61 Å². The number of ether oxygens (including phenoxy) is 2. The number of aromatic nitrogens is 2. The summed E-state index contributed by atoms with van der Waals surface area (Å²) in [5.74, 6) is 0.148.